The van der Waals surface area contributed by atoms with Gasteiger partial charge in [-0.3, -0.25) is 0 Å². The predicted molar refractivity (Wildman–Crippen MR) is 53.4 cm³/mol. The summed E-state index contributed by atoms with van der Waals surface area (Å²) in [5.41, 5.74) is 5.80. The summed E-state index contributed by atoms with van der Waals surface area (Å²) in [5.74, 6) is 0. The molecule has 14 heavy (non-hydrogen) atoms. The first-order valence-electron chi connectivity index (χ1n) is 4.56. The van der Waals surface area contributed by atoms with Crippen molar-refractivity contribution >= 4 is 0 Å². The molecular formula is C11H15F2N. The van der Waals surface area contributed by atoms with Crippen LogP contribution in [0.1, 0.15) is 25.0 Å². The van der Waals surface area contributed by atoms with Crippen molar-refractivity contribution in [1.29, 1.82) is 0 Å². The zero-order valence-corrected chi connectivity index (χ0v) is 8.43. The van der Waals surface area contributed by atoms with Gasteiger partial charge < -0.3 is 5.73 Å². The van der Waals surface area contributed by atoms with E-state index in [0.29, 0.717) is 12.1 Å². The van der Waals surface area contributed by atoms with Gasteiger partial charge in [0.2, 0.25) is 6.43 Å². The van der Waals surface area contributed by atoms with Crippen molar-refractivity contribution < 1.29 is 8.78 Å². The average Bonchev–Trinajstić information content (AvgIpc) is 2.17. The van der Waals surface area contributed by atoms with Crippen LogP contribution in [0.25, 0.3) is 0 Å². The second kappa shape index (κ2) is 4.05. The van der Waals surface area contributed by atoms with Crippen molar-refractivity contribution in [3.8, 4) is 0 Å². The van der Waals surface area contributed by atoms with Crippen molar-refractivity contribution in [2.24, 2.45) is 5.73 Å². The van der Waals surface area contributed by atoms with Gasteiger partial charge >= 0.3 is 0 Å². The molecule has 0 aliphatic rings. The molecule has 0 aliphatic heterocycles. The molecule has 0 heterocycles. The summed E-state index contributed by atoms with van der Waals surface area (Å²) >= 11 is 0. The van der Waals surface area contributed by atoms with E-state index in [-0.39, 0.29) is 0 Å². The maximum atomic E-state index is 12.8. The molecule has 0 bridgehead atoms. The van der Waals surface area contributed by atoms with Crippen LogP contribution in [0.15, 0.2) is 24.3 Å². The molecule has 0 amide bonds. The van der Waals surface area contributed by atoms with E-state index in [2.05, 4.69) is 0 Å². The minimum atomic E-state index is -2.38. The van der Waals surface area contributed by atoms with Crippen LogP contribution in [0.2, 0.25) is 0 Å². The number of halogens is 2. The Kier molecular flexibility index (Phi) is 3.21. The molecule has 0 radical (unpaired) electrons. The third kappa shape index (κ3) is 1.93. The SMILES string of the molecule is CC(C)(c1ccccc1CN)C(F)F. The summed E-state index contributed by atoms with van der Waals surface area (Å²) in [4.78, 5) is 0. The molecule has 0 fully saturated rings. The van der Waals surface area contributed by atoms with E-state index >= 15 is 0 Å². The number of hydrogen-bond donors (Lipinski definition) is 1. The molecule has 0 atom stereocenters. The van der Waals surface area contributed by atoms with E-state index < -0.39 is 11.8 Å². The van der Waals surface area contributed by atoms with Gasteiger partial charge in [-0.05, 0) is 11.1 Å². The predicted octanol–water partition coefficient (Wildman–Crippen LogP) is 2.69. The molecule has 0 aliphatic carbocycles. The maximum absolute atomic E-state index is 12.8. The van der Waals surface area contributed by atoms with E-state index in [9.17, 15) is 8.78 Å². The van der Waals surface area contributed by atoms with E-state index in [0.717, 1.165) is 5.56 Å². The van der Waals surface area contributed by atoms with E-state index in [1.807, 2.05) is 6.07 Å². The lowest BCUT2D eigenvalue weighted by Gasteiger charge is -2.26. The smallest absolute Gasteiger partial charge is 0.247 e. The fourth-order valence-corrected chi connectivity index (χ4v) is 1.44. The summed E-state index contributed by atoms with van der Waals surface area (Å²) in [5, 5.41) is 0. The highest BCUT2D eigenvalue weighted by atomic mass is 19.3. The zero-order valence-electron chi connectivity index (χ0n) is 8.43. The van der Waals surface area contributed by atoms with Crippen molar-refractivity contribution in [3.05, 3.63) is 35.4 Å². The lowest BCUT2D eigenvalue weighted by molar-refractivity contribution is 0.0689. The summed E-state index contributed by atoms with van der Waals surface area (Å²) in [7, 11) is 0. The molecule has 0 saturated heterocycles. The average molecular weight is 199 g/mol. The minimum absolute atomic E-state index is 0.298. The second-order valence-electron chi connectivity index (χ2n) is 3.88. The van der Waals surface area contributed by atoms with Crippen LogP contribution >= 0.6 is 0 Å². The number of rotatable bonds is 3. The third-order valence-electron chi connectivity index (χ3n) is 2.48. The van der Waals surface area contributed by atoms with Gasteiger partial charge in [0.05, 0.1) is 5.41 Å². The number of hydrogen-bond acceptors (Lipinski definition) is 1. The molecular weight excluding hydrogens is 184 g/mol. The van der Waals surface area contributed by atoms with Gasteiger partial charge in [0.15, 0.2) is 0 Å². The molecule has 1 aromatic carbocycles. The number of benzene rings is 1. The summed E-state index contributed by atoms with van der Waals surface area (Å²) < 4.78 is 25.5. The van der Waals surface area contributed by atoms with Gasteiger partial charge in [-0.25, -0.2) is 8.78 Å². The molecule has 2 N–H and O–H groups in total. The first-order valence-corrected chi connectivity index (χ1v) is 4.56. The first kappa shape index (κ1) is 11.1. The van der Waals surface area contributed by atoms with Gasteiger partial charge in [-0.2, -0.15) is 0 Å². The molecule has 0 unspecified atom stereocenters. The van der Waals surface area contributed by atoms with Crippen LogP contribution in [0, 0.1) is 0 Å². The molecule has 1 aromatic rings. The van der Waals surface area contributed by atoms with E-state index in [1.165, 1.54) is 13.8 Å². The molecule has 0 saturated carbocycles. The highest BCUT2D eigenvalue weighted by molar-refractivity contribution is 5.33. The quantitative estimate of drug-likeness (QED) is 0.795. The molecule has 1 nitrogen and oxygen atoms in total. The standard InChI is InChI=1S/C11H15F2N/c1-11(2,10(12)13)9-6-4-3-5-8(9)7-14/h3-6,10H,7,14H2,1-2H3. The molecule has 3 heteroatoms. The largest absolute Gasteiger partial charge is 0.326 e. The zero-order chi connectivity index (χ0) is 10.8. The van der Waals surface area contributed by atoms with Crippen LogP contribution in [0.5, 0.6) is 0 Å². The van der Waals surface area contributed by atoms with Gasteiger partial charge in [0, 0.05) is 6.54 Å². The monoisotopic (exact) mass is 199 g/mol. The topological polar surface area (TPSA) is 26.0 Å². The van der Waals surface area contributed by atoms with Gasteiger partial charge in [-0.1, -0.05) is 38.1 Å². The molecule has 78 valence electrons. The van der Waals surface area contributed by atoms with Crippen molar-refractivity contribution in [3.63, 3.8) is 0 Å². The summed E-state index contributed by atoms with van der Waals surface area (Å²) in [6.45, 7) is 3.37. The Hall–Kier alpha value is -0.960. The van der Waals surface area contributed by atoms with Crippen LogP contribution in [0.4, 0.5) is 8.78 Å². The third-order valence-corrected chi connectivity index (χ3v) is 2.48. The fourth-order valence-electron chi connectivity index (χ4n) is 1.44. The Morgan fingerprint density at radius 1 is 1.29 bits per heavy atom. The second-order valence-corrected chi connectivity index (χ2v) is 3.88. The van der Waals surface area contributed by atoms with Crippen LogP contribution < -0.4 is 5.73 Å². The molecule has 0 aromatic heterocycles. The highest BCUT2D eigenvalue weighted by Gasteiger charge is 2.32. The van der Waals surface area contributed by atoms with Gasteiger partial charge in [0.25, 0.3) is 0 Å². The lowest BCUT2D eigenvalue weighted by Crippen LogP contribution is -2.28. The Morgan fingerprint density at radius 2 is 1.86 bits per heavy atom. The summed E-state index contributed by atoms with van der Waals surface area (Å²) in [6.07, 6.45) is -2.38. The maximum Gasteiger partial charge on any atom is 0.247 e. The van der Waals surface area contributed by atoms with Crippen LogP contribution in [-0.2, 0) is 12.0 Å². The molecule has 0 spiro atoms. The number of nitrogens with two attached hydrogens (primary N) is 1. The van der Waals surface area contributed by atoms with E-state index in [1.54, 1.807) is 18.2 Å². The van der Waals surface area contributed by atoms with Crippen molar-refractivity contribution in [2.45, 2.75) is 32.2 Å². The van der Waals surface area contributed by atoms with Crippen molar-refractivity contribution in [1.82, 2.24) is 0 Å². The number of alkyl halides is 2. The van der Waals surface area contributed by atoms with Crippen molar-refractivity contribution in [2.75, 3.05) is 0 Å². The normalized spacial score (nSPS) is 12.1. The van der Waals surface area contributed by atoms with Gasteiger partial charge in [-0.15, -0.1) is 0 Å². The van der Waals surface area contributed by atoms with Crippen LogP contribution in [0.3, 0.4) is 0 Å². The lowest BCUT2D eigenvalue weighted by atomic mass is 9.82. The fraction of sp³-hybridized carbons (Fsp3) is 0.455. The van der Waals surface area contributed by atoms with Crippen LogP contribution in [-0.4, -0.2) is 6.43 Å². The summed E-state index contributed by atoms with van der Waals surface area (Å²) in [6, 6.07) is 7.08. The Labute approximate surface area is 82.9 Å². The first-order chi connectivity index (χ1) is 6.50. The Morgan fingerprint density at radius 3 is 2.36 bits per heavy atom. The Bertz CT molecular complexity index is 308. The van der Waals surface area contributed by atoms with E-state index in [4.69, 9.17) is 5.73 Å². The minimum Gasteiger partial charge on any atom is -0.326 e. The highest BCUT2D eigenvalue weighted by Crippen LogP contribution is 2.32. The molecule has 1 rings (SSSR count). The van der Waals surface area contributed by atoms with Gasteiger partial charge in [0.1, 0.15) is 0 Å². The Balaban J connectivity index is 3.17.